The number of amides is 2. The normalized spacial score (nSPS) is 11.7. The van der Waals surface area contributed by atoms with Gasteiger partial charge in [0, 0.05) is 17.1 Å². The van der Waals surface area contributed by atoms with E-state index in [-0.39, 0.29) is 12.4 Å². The van der Waals surface area contributed by atoms with E-state index in [1.165, 1.54) is 0 Å². The van der Waals surface area contributed by atoms with Gasteiger partial charge in [-0.05, 0) is 23.1 Å². The van der Waals surface area contributed by atoms with Gasteiger partial charge in [0.1, 0.15) is 0 Å². The van der Waals surface area contributed by atoms with Gasteiger partial charge < -0.3 is 10.4 Å². The molecule has 2 aromatic carbocycles. The third-order valence-corrected chi connectivity index (χ3v) is 5.75. The van der Waals surface area contributed by atoms with E-state index >= 15 is 0 Å². The maximum absolute atomic E-state index is 12.2. The zero-order chi connectivity index (χ0) is 20.2. The first-order chi connectivity index (χ1) is 14.2. The number of aliphatic hydroxyl groups excluding tert-OH is 1. The van der Waals surface area contributed by atoms with Crippen LogP contribution in [0, 0.1) is 12.3 Å². The van der Waals surface area contributed by atoms with Gasteiger partial charge in [0.25, 0.3) is 0 Å². The lowest BCUT2D eigenvalue weighted by molar-refractivity contribution is 0.225. The van der Waals surface area contributed by atoms with E-state index in [1.807, 2.05) is 41.9 Å². The molecule has 0 fully saturated rings. The fourth-order valence-corrected chi connectivity index (χ4v) is 4.23. The number of aliphatic hydroxyl groups is 1. The monoisotopic (exact) mass is 421 g/mol. The predicted octanol–water partition coefficient (Wildman–Crippen LogP) is 3.65. The number of thiazole rings is 1. The first kappa shape index (κ1) is 19.0. The minimum absolute atomic E-state index is 0.218. The highest BCUT2D eigenvalue weighted by Gasteiger charge is 2.15. The van der Waals surface area contributed by atoms with E-state index in [1.54, 1.807) is 11.3 Å². The third kappa shape index (κ3) is 4.09. The van der Waals surface area contributed by atoms with Crippen molar-refractivity contribution in [2.45, 2.75) is 6.04 Å². The molecule has 144 valence electrons. The van der Waals surface area contributed by atoms with E-state index in [4.69, 9.17) is 6.42 Å². The summed E-state index contributed by atoms with van der Waals surface area (Å²) in [4.78, 5) is 20.5. The van der Waals surface area contributed by atoms with Crippen molar-refractivity contribution < 1.29 is 9.90 Å². The first-order valence-corrected chi connectivity index (χ1v) is 10.2. The minimum atomic E-state index is -0.566. The van der Waals surface area contributed by atoms with E-state index in [0.717, 1.165) is 38.4 Å². The summed E-state index contributed by atoms with van der Waals surface area (Å²) in [6.07, 6.45) is 5.22. The molecule has 1 atom stereocenters. The number of rotatable bonds is 5. The summed E-state index contributed by atoms with van der Waals surface area (Å²) in [6.45, 7) is -0.247. The van der Waals surface area contributed by atoms with Gasteiger partial charge in [-0.3, -0.25) is 5.32 Å². The molecular weight excluding hydrogens is 406 g/mol. The van der Waals surface area contributed by atoms with Crippen LogP contribution in [-0.2, 0) is 0 Å². The number of benzene rings is 2. The summed E-state index contributed by atoms with van der Waals surface area (Å²) < 4.78 is 5.03. The van der Waals surface area contributed by atoms with Crippen LogP contribution in [0.5, 0.6) is 0 Å². The topological polar surface area (TPSA) is 100 Å². The Labute approximate surface area is 174 Å². The van der Waals surface area contributed by atoms with Crippen LogP contribution in [0.3, 0.4) is 0 Å². The lowest BCUT2D eigenvalue weighted by Crippen LogP contribution is -2.34. The number of nitrogens with one attached hydrogen (secondary N) is 2. The van der Waals surface area contributed by atoms with Crippen LogP contribution in [-0.4, -0.2) is 32.1 Å². The summed E-state index contributed by atoms with van der Waals surface area (Å²) in [7, 11) is 0. The Kier molecular flexibility index (Phi) is 5.48. The third-order valence-electron chi connectivity index (χ3n) is 4.24. The van der Waals surface area contributed by atoms with Crippen molar-refractivity contribution in [1.29, 1.82) is 0 Å². The van der Waals surface area contributed by atoms with Crippen LogP contribution in [0.2, 0.25) is 0 Å². The number of carbonyl (C=O) groups excluding carboxylic acids is 1. The molecule has 2 amide bonds. The maximum atomic E-state index is 12.2. The molecule has 0 spiro atoms. The van der Waals surface area contributed by atoms with Crippen LogP contribution >= 0.6 is 22.9 Å². The highest BCUT2D eigenvalue weighted by Crippen LogP contribution is 2.31. The van der Waals surface area contributed by atoms with Crippen molar-refractivity contribution in [2.75, 3.05) is 11.9 Å². The van der Waals surface area contributed by atoms with E-state index < -0.39 is 12.1 Å². The molecule has 1 unspecified atom stereocenters. The van der Waals surface area contributed by atoms with Crippen LogP contribution in [0.15, 0.2) is 48.0 Å². The van der Waals surface area contributed by atoms with E-state index in [0.29, 0.717) is 5.13 Å². The molecule has 0 radical (unpaired) electrons. The second kappa shape index (κ2) is 8.36. The summed E-state index contributed by atoms with van der Waals surface area (Å²) in [6, 6.07) is 12.7. The summed E-state index contributed by atoms with van der Waals surface area (Å²) in [5, 5.41) is 15.3. The smallest absolute Gasteiger partial charge is 0.321 e. The Morgan fingerprint density at radius 2 is 2.07 bits per heavy atom. The number of anilines is 1. The molecule has 4 rings (SSSR count). The average molecular weight is 422 g/mol. The van der Waals surface area contributed by atoms with Crippen molar-refractivity contribution in [3.05, 3.63) is 59.4 Å². The van der Waals surface area contributed by atoms with Crippen molar-refractivity contribution in [3.8, 4) is 23.5 Å². The zero-order valence-electron chi connectivity index (χ0n) is 15.0. The van der Waals surface area contributed by atoms with Gasteiger partial charge in [0.15, 0.2) is 0 Å². The number of aromatic nitrogens is 3. The molecule has 4 aromatic rings. The standard InChI is InChI=1S/C20H15N5O2S2/c1-2-17-23-20(29-25-17)24-19(27)22-16(10-26)13-8-6-12(7-9-13)14-4-3-5-15-18(14)28-11-21-15/h1,3-9,11,16,26H,10H2,(H2,22,23,24,25,27). The number of carbonyl (C=O) groups is 1. The Bertz CT molecular complexity index is 1190. The van der Waals surface area contributed by atoms with Crippen LogP contribution in [0.4, 0.5) is 9.93 Å². The average Bonchev–Trinajstić information content (AvgIpc) is 3.41. The lowest BCUT2D eigenvalue weighted by Gasteiger charge is -2.17. The van der Waals surface area contributed by atoms with Crippen LogP contribution in [0.25, 0.3) is 21.3 Å². The molecule has 2 heterocycles. The molecule has 2 aromatic heterocycles. The van der Waals surface area contributed by atoms with E-state index in [9.17, 15) is 9.90 Å². The Morgan fingerprint density at radius 1 is 1.24 bits per heavy atom. The van der Waals surface area contributed by atoms with Crippen LogP contribution < -0.4 is 10.6 Å². The molecule has 0 aliphatic rings. The highest BCUT2D eigenvalue weighted by molar-refractivity contribution is 7.17. The molecule has 3 N–H and O–H groups in total. The molecule has 7 nitrogen and oxygen atoms in total. The van der Waals surface area contributed by atoms with Gasteiger partial charge in [-0.2, -0.15) is 9.36 Å². The summed E-state index contributed by atoms with van der Waals surface area (Å²) >= 11 is 2.59. The largest absolute Gasteiger partial charge is 0.394 e. The Morgan fingerprint density at radius 3 is 2.79 bits per heavy atom. The number of urea groups is 1. The van der Waals surface area contributed by atoms with Gasteiger partial charge >= 0.3 is 6.03 Å². The van der Waals surface area contributed by atoms with Gasteiger partial charge in [-0.25, -0.2) is 9.78 Å². The van der Waals surface area contributed by atoms with Crippen molar-refractivity contribution in [2.24, 2.45) is 0 Å². The summed E-state index contributed by atoms with van der Waals surface area (Å²) in [5.41, 5.74) is 5.72. The molecule has 9 heteroatoms. The second-order valence-corrected chi connectivity index (χ2v) is 7.64. The lowest BCUT2D eigenvalue weighted by atomic mass is 10.0. The SMILES string of the molecule is C#Cc1nsc(NC(=O)NC(CO)c2ccc(-c3cccc4ncsc34)cc2)n1. The van der Waals surface area contributed by atoms with Gasteiger partial charge in [-0.1, -0.05) is 36.4 Å². The van der Waals surface area contributed by atoms with Gasteiger partial charge in [-0.15, -0.1) is 17.8 Å². The highest BCUT2D eigenvalue weighted by atomic mass is 32.1. The fraction of sp³-hybridized carbons (Fsp3) is 0.100. The van der Waals surface area contributed by atoms with Crippen LogP contribution in [0.1, 0.15) is 17.4 Å². The molecule has 0 bridgehead atoms. The second-order valence-electron chi connectivity index (χ2n) is 6.03. The minimum Gasteiger partial charge on any atom is -0.394 e. The number of nitrogens with zero attached hydrogens (tertiary/aromatic N) is 3. The summed E-state index contributed by atoms with van der Waals surface area (Å²) in [5.74, 6) is 2.52. The predicted molar refractivity (Wildman–Crippen MR) is 115 cm³/mol. The molecule has 29 heavy (non-hydrogen) atoms. The fourth-order valence-electron chi connectivity index (χ4n) is 2.87. The number of fused-ring (bicyclic) bond motifs is 1. The molecule has 0 saturated carbocycles. The molecular formula is C20H15N5O2S2. The molecule has 0 aliphatic carbocycles. The number of hydrogen-bond acceptors (Lipinski definition) is 7. The maximum Gasteiger partial charge on any atom is 0.321 e. The van der Waals surface area contributed by atoms with Gasteiger partial charge in [0.05, 0.1) is 28.4 Å². The Balaban J connectivity index is 1.48. The van der Waals surface area contributed by atoms with Gasteiger partial charge in [0.2, 0.25) is 11.0 Å². The van der Waals surface area contributed by atoms with Crippen molar-refractivity contribution in [1.82, 2.24) is 19.7 Å². The van der Waals surface area contributed by atoms with E-state index in [2.05, 4.69) is 37.0 Å². The van der Waals surface area contributed by atoms with Crippen molar-refractivity contribution >= 4 is 44.2 Å². The molecule has 0 aliphatic heterocycles. The molecule has 0 saturated heterocycles. The van der Waals surface area contributed by atoms with Crippen molar-refractivity contribution in [3.63, 3.8) is 0 Å². The number of terminal acetylenes is 1. The first-order valence-electron chi connectivity index (χ1n) is 8.59. The Hall–Kier alpha value is -3.32. The zero-order valence-corrected chi connectivity index (χ0v) is 16.6. The quantitative estimate of drug-likeness (QED) is 0.427. The number of hydrogen-bond donors (Lipinski definition) is 3.